The van der Waals surface area contributed by atoms with Crippen molar-refractivity contribution in [3.63, 3.8) is 0 Å². The van der Waals surface area contributed by atoms with Crippen LogP contribution in [0.1, 0.15) is 18.9 Å². The molecule has 0 fully saturated rings. The third-order valence-electron chi connectivity index (χ3n) is 3.16. The molecule has 1 unspecified atom stereocenters. The molecule has 0 saturated heterocycles. The summed E-state index contributed by atoms with van der Waals surface area (Å²) in [5.74, 6) is 0.0731. The first-order valence-corrected chi connectivity index (χ1v) is 5.67. The molecule has 4 heteroatoms. The number of aryl methyl sites for hydroxylation is 1. The third-order valence-corrected chi connectivity index (χ3v) is 3.16. The van der Waals surface area contributed by atoms with Crippen LogP contribution in [0.25, 0.3) is 0 Å². The number of nitrogens with zero attached hydrogens (tertiary/aromatic N) is 2. The average Bonchev–Trinajstić information content (AvgIpc) is 2.36. The topological polar surface area (TPSA) is 56.1 Å². The lowest BCUT2D eigenvalue weighted by Gasteiger charge is -2.24. The van der Waals surface area contributed by atoms with E-state index in [1.54, 1.807) is 0 Å². The molecule has 1 amide bonds. The van der Waals surface area contributed by atoms with Crippen LogP contribution < -0.4 is 10.2 Å². The van der Waals surface area contributed by atoms with Crippen molar-refractivity contribution in [1.29, 1.82) is 5.26 Å². The van der Waals surface area contributed by atoms with Gasteiger partial charge in [-0.25, -0.2) is 0 Å². The summed E-state index contributed by atoms with van der Waals surface area (Å²) >= 11 is 0. The number of rotatable bonds is 2. The molecule has 88 valence electrons. The van der Waals surface area contributed by atoms with E-state index in [4.69, 9.17) is 5.26 Å². The molecular formula is C13H15N3O. The second-order valence-corrected chi connectivity index (χ2v) is 4.31. The van der Waals surface area contributed by atoms with Crippen LogP contribution in [0.4, 0.5) is 11.4 Å². The summed E-state index contributed by atoms with van der Waals surface area (Å²) in [7, 11) is 1.90. The van der Waals surface area contributed by atoms with Gasteiger partial charge in [-0.15, -0.1) is 0 Å². The Labute approximate surface area is 101 Å². The van der Waals surface area contributed by atoms with Crippen LogP contribution in [0, 0.1) is 11.3 Å². The van der Waals surface area contributed by atoms with E-state index in [2.05, 4.69) is 11.4 Å². The summed E-state index contributed by atoms with van der Waals surface area (Å²) in [5, 5.41) is 11.7. The molecule has 1 atom stereocenters. The van der Waals surface area contributed by atoms with Crippen LogP contribution in [0.5, 0.6) is 0 Å². The molecule has 1 N–H and O–H groups in total. The molecule has 0 radical (unpaired) electrons. The fourth-order valence-electron chi connectivity index (χ4n) is 1.90. The Morgan fingerprint density at radius 2 is 2.24 bits per heavy atom. The van der Waals surface area contributed by atoms with Crippen molar-refractivity contribution in [2.24, 2.45) is 0 Å². The number of anilines is 2. The van der Waals surface area contributed by atoms with Gasteiger partial charge in [0.25, 0.3) is 0 Å². The Balaban J connectivity index is 2.28. The van der Waals surface area contributed by atoms with Crippen LogP contribution in [-0.4, -0.2) is 19.0 Å². The monoisotopic (exact) mass is 229 g/mol. The van der Waals surface area contributed by atoms with Crippen molar-refractivity contribution >= 4 is 17.3 Å². The van der Waals surface area contributed by atoms with E-state index in [0.29, 0.717) is 6.42 Å². The van der Waals surface area contributed by atoms with Crippen molar-refractivity contribution in [1.82, 2.24) is 0 Å². The van der Waals surface area contributed by atoms with Crippen molar-refractivity contribution < 1.29 is 4.79 Å². The van der Waals surface area contributed by atoms with E-state index in [1.165, 1.54) is 0 Å². The lowest BCUT2D eigenvalue weighted by atomic mass is 10.0. The normalized spacial score (nSPS) is 15.5. The largest absolute Gasteiger partial charge is 0.359 e. The van der Waals surface area contributed by atoms with Gasteiger partial charge in [0.1, 0.15) is 6.04 Å². The van der Waals surface area contributed by atoms with Gasteiger partial charge < -0.3 is 10.2 Å². The minimum atomic E-state index is -0.161. The van der Waals surface area contributed by atoms with E-state index >= 15 is 0 Å². The third kappa shape index (κ3) is 2.23. The van der Waals surface area contributed by atoms with E-state index in [-0.39, 0.29) is 11.9 Å². The summed E-state index contributed by atoms with van der Waals surface area (Å²) in [6, 6.07) is 7.92. The summed E-state index contributed by atoms with van der Waals surface area (Å²) in [4.78, 5) is 13.2. The van der Waals surface area contributed by atoms with Gasteiger partial charge in [-0.1, -0.05) is 0 Å². The molecule has 1 aromatic carbocycles. The first kappa shape index (κ1) is 11.5. The lowest BCUT2D eigenvalue weighted by molar-refractivity contribution is -0.116. The van der Waals surface area contributed by atoms with Crippen LogP contribution in [0.15, 0.2) is 18.2 Å². The molecule has 1 aliphatic rings. The van der Waals surface area contributed by atoms with Gasteiger partial charge in [0.2, 0.25) is 5.91 Å². The van der Waals surface area contributed by atoms with E-state index in [1.807, 2.05) is 37.1 Å². The van der Waals surface area contributed by atoms with Crippen LogP contribution >= 0.6 is 0 Å². The van der Waals surface area contributed by atoms with E-state index in [0.717, 1.165) is 23.4 Å². The summed E-state index contributed by atoms with van der Waals surface area (Å²) in [6.07, 6.45) is 1.30. The average molecular weight is 229 g/mol. The highest BCUT2D eigenvalue weighted by Gasteiger charge is 2.16. The molecule has 1 heterocycles. The van der Waals surface area contributed by atoms with Crippen molar-refractivity contribution in [2.45, 2.75) is 25.8 Å². The molecule has 4 nitrogen and oxygen atoms in total. The molecule has 17 heavy (non-hydrogen) atoms. The van der Waals surface area contributed by atoms with Gasteiger partial charge in [-0.05, 0) is 37.1 Å². The molecule has 0 saturated carbocycles. The van der Waals surface area contributed by atoms with Crippen LogP contribution in [-0.2, 0) is 11.2 Å². The molecule has 0 bridgehead atoms. The predicted octanol–water partition coefficient (Wildman–Crippen LogP) is 1.92. The second kappa shape index (κ2) is 4.46. The highest BCUT2D eigenvalue weighted by Crippen LogP contribution is 2.27. The molecular weight excluding hydrogens is 214 g/mol. The second-order valence-electron chi connectivity index (χ2n) is 4.31. The Morgan fingerprint density at radius 1 is 1.47 bits per heavy atom. The molecule has 2 rings (SSSR count). The van der Waals surface area contributed by atoms with E-state index < -0.39 is 0 Å². The Kier molecular flexibility index (Phi) is 3.01. The summed E-state index contributed by atoms with van der Waals surface area (Å²) in [6.45, 7) is 1.86. The van der Waals surface area contributed by atoms with E-state index in [9.17, 15) is 4.79 Å². The Hall–Kier alpha value is -2.02. The zero-order valence-electron chi connectivity index (χ0n) is 10.0. The fourth-order valence-corrected chi connectivity index (χ4v) is 1.90. The minimum Gasteiger partial charge on any atom is -0.359 e. The highest BCUT2D eigenvalue weighted by atomic mass is 16.1. The Morgan fingerprint density at radius 3 is 2.94 bits per heavy atom. The number of hydrogen-bond donors (Lipinski definition) is 1. The first-order valence-electron chi connectivity index (χ1n) is 5.67. The van der Waals surface area contributed by atoms with Crippen molar-refractivity contribution in [3.05, 3.63) is 23.8 Å². The van der Waals surface area contributed by atoms with Gasteiger partial charge in [-0.3, -0.25) is 4.79 Å². The number of amides is 1. The number of hydrogen-bond acceptors (Lipinski definition) is 3. The molecule has 0 aromatic heterocycles. The molecule has 0 aliphatic carbocycles. The van der Waals surface area contributed by atoms with Crippen molar-refractivity contribution in [2.75, 3.05) is 17.3 Å². The maximum absolute atomic E-state index is 11.2. The molecule has 1 aliphatic heterocycles. The quantitative estimate of drug-likeness (QED) is 0.843. The van der Waals surface area contributed by atoms with Gasteiger partial charge in [-0.2, -0.15) is 5.26 Å². The highest BCUT2D eigenvalue weighted by molar-refractivity contribution is 5.94. The number of carbonyl (C=O) groups excluding carboxylic acids is 1. The minimum absolute atomic E-state index is 0.0731. The van der Waals surface area contributed by atoms with Crippen LogP contribution in [0.2, 0.25) is 0 Å². The van der Waals surface area contributed by atoms with Crippen LogP contribution in [0.3, 0.4) is 0 Å². The first-order chi connectivity index (χ1) is 8.11. The zero-order valence-corrected chi connectivity index (χ0v) is 10.0. The van der Waals surface area contributed by atoms with Gasteiger partial charge in [0.05, 0.1) is 6.07 Å². The maximum Gasteiger partial charge on any atom is 0.224 e. The number of nitrogens with one attached hydrogen (secondary N) is 1. The lowest BCUT2D eigenvalue weighted by Crippen LogP contribution is -2.27. The summed E-state index contributed by atoms with van der Waals surface area (Å²) in [5.41, 5.74) is 3.04. The van der Waals surface area contributed by atoms with Gasteiger partial charge in [0.15, 0.2) is 0 Å². The summed E-state index contributed by atoms with van der Waals surface area (Å²) < 4.78 is 0. The van der Waals surface area contributed by atoms with Gasteiger partial charge >= 0.3 is 0 Å². The smallest absolute Gasteiger partial charge is 0.224 e. The zero-order chi connectivity index (χ0) is 12.4. The number of nitriles is 1. The van der Waals surface area contributed by atoms with Gasteiger partial charge in [0, 0.05) is 24.8 Å². The number of carbonyl (C=O) groups is 1. The van der Waals surface area contributed by atoms with Crippen molar-refractivity contribution in [3.8, 4) is 6.07 Å². The number of benzene rings is 1. The SMILES string of the molecule is CC(C#N)N(C)c1ccc2c(c1)CCC(=O)N2. The standard InChI is InChI=1S/C13H15N3O/c1-9(8-14)16(2)11-4-5-12-10(7-11)3-6-13(17)15-12/h4-5,7,9H,3,6H2,1-2H3,(H,15,17). The predicted molar refractivity (Wildman–Crippen MR) is 66.9 cm³/mol. The molecule has 0 spiro atoms. The Bertz CT molecular complexity index is 490. The number of fused-ring (bicyclic) bond motifs is 1. The maximum atomic E-state index is 11.2. The molecule has 1 aromatic rings. The fraction of sp³-hybridized carbons (Fsp3) is 0.385.